The number of anilines is 1. The third kappa shape index (κ3) is 4.26. The molecule has 0 unspecified atom stereocenters. The Bertz CT molecular complexity index is 1100. The summed E-state index contributed by atoms with van der Waals surface area (Å²) in [6.07, 6.45) is 4.91. The number of hydrogen-bond donors (Lipinski definition) is 1. The Labute approximate surface area is 193 Å². The number of rotatable bonds is 5. The van der Waals surface area contributed by atoms with E-state index in [0.29, 0.717) is 6.54 Å². The lowest BCUT2D eigenvalue weighted by Gasteiger charge is -2.33. The van der Waals surface area contributed by atoms with Gasteiger partial charge in [-0.05, 0) is 46.0 Å². The van der Waals surface area contributed by atoms with Crippen molar-refractivity contribution in [3.63, 3.8) is 0 Å². The van der Waals surface area contributed by atoms with Gasteiger partial charge in [0.25, 0.3) is 0 Å². The minimum absolute atomic E-state index is 0.0527. The van der Waals surface area contributed by atoms with Gasteiger partial charge in [-0.2, -0.15) is 0 Å². The predicted molar refractivity (Wildman–Crippen MR) is 128 cm³/mol. The summed E-state index contributed by atoms with van der Waals surface area (Å²) >= 11 is 1.66. The molecule has 7 heteroatoms. The van der Waals surface area contributed by atoms with Crippen molar-refractivity contribution in [1.29, 1.82) is 0 Å². The first-order valence-corrected chi connectivity index (χ1v) is 12.3. The molecular weight excluding hydrogens is 418 g/mol. The highest BCUT2D eigenvalue weighted by Gasteiger charge is 2.29. The summed E-state index contributed by atoms with van der Waals surface area (Å²) in [6, 6.07) is 10.2. The molecular formula is C25H29N5OS. The van der Waals surface area contributed by atoms with Crippen molar-refractivity contribution in [1.82, 2.24) is 20.3 Å². The maximum atomic E-state index is 12.8. The summed E-state index contributed by atoms with van der Waals surface area (Å²) < 4.78 is 0. The fourth-order valence-electron chi connectivity index (χ4n) is 4.67. The van der Waals surface area contributed by atoms with Crippen molar-refractivity contribution >= 4 is 23.1 Å². The van der Waals surface area contributed by atoms with Crippen molar-refractivity contribution in [2.75, 3.05) is 18.0 Å². The maximum absolute atomic E-state index is 12.8. The van der Waals surface area contributed by atoms with Crippen LogP contribution in [0, 0.1) is 19.8 Å². The maximum Gasteiger partial charge on any atom is 0.223 e. The Kier molecular flexibility index (Phi) is 5.91. The molecule has 1 N–H and O–H groups in total. The molecule has 0 bridgehead atoms. The predicted octanol–water partition coefficient (Wildman–Crippen LogP) is 4.24. The molecule has 2 aliphatic rings. The Morgan fingerprint density at radius 1 is 1.09 bits per heavy atom. The Morgan fingerprint density at radius 3 is 2.59 bits per heavy atom. The van der Waals surface area contributed by atoms with Gasteiger partial charge >= 0.3 is 0 Å². The van der Waals surface area contributed by atoms with Crippen LogP contribution in [-0.4, -0.2) is 33.9 Å². The topological polar surface area (TPSA) is 71.0 Å². The molecule has 1 amide bonds. The molecule has 1 aromatic carbocycles. The lowest BCUT2D eigenvalue weighted by atomic mass is 9.95. The van der Waals surface area contributed by atoms with Crippen LogP contribution in [0.2, 0.25) is 0 Å². The fraction of sp³-hybridized carbons (Fsp3) is 0.440. The van der Waals surface area contributed by atoms with Crippen LogP contribution in [0.25, 0.3) is 11.4 Å². The highest BCUT2D eigenvalue weighted by molar-refractivity contribution is 7.11. The lowest BCUT2D eigenvalue weighted by Crippen LogP contribution is -2.41. The number of nitrogens with one attached hydrogen (secondary N) is 1. The second kappa shape index (κ2) is 8.98. The highest BCUT2D eigenvalue weighted by Crippen LogP contribution is 2.33. The number of hydrogen-bond acceptors (Lipinski definition) is 6. The summed E-state index contributed by atoms with van der Waals surface area (Å²) in [5.74, 6) is 2.10. The van der Waals surface area contributed by atoms with E-state index in [2.05, 4.69) is 34.3 Å². The minimum atomic E-state index is 0.0527. The Hall–Kier alpha value is -2.80. The van der Waals surface area contributed by atoms with Crippen LogP contribution < -0.4 is 10.2 Å². The molecule has 5 rings (SSSR count). The molecule has 1 aliphatic carbocycles. The number of amides is 1. The number of aromatic nitrogens is 3. The molecule has 0 radical (unpaired) electrons. The monoisotopic (exact) mass is 447 g/mol. The minimum Gasteiger partial charge on any atom is -0.356 e. The number of nitrogens with zero attached hydrogens (tertiary/aromatic N) is 4. The van der Waals surface area contributed by atoms with Gasteiger partial charge < -0.3 is 10.2 Å². The first-order valence-electron chi connectivity index (χ1n) is 11.5. The van der Waals surface area contributed by atoms with Crippen molar-refractivity contribution in [2.45, 2.75) is 52.5 Å². The van der Waals surface area contributed by atoms with Crippen LogP contribution in [-0.2, 0) is 24.2 Å². The van der Waals surface area contributed by atoms with Crippen LogP contribution in [0.3, 0.4) is 0 Å². The third-order valence-corrected chi connectivity index (χ3v) is 7.67. The van der Waals surface area contributed by atoms with Gasteiger partial charge in [-0.15, -0.1) is 11.3 Å². The summed E-state index contributed by atoms with van der Waals surface area (Å²) in [4.78, 5) is 30.7. The molecule has 1 saturated heterocycles. The number of benzene rings is 1. The average molecular weight is 448 g/mol. The normalized spacial score (nSPS) is 16.2. The van der Waals surface area contributed by atoms with Crippen molar-refractivity contribution in [2.24, 2.45) is 5.92 Å². The van der Waals surface area contributed by atoms with E-state index < -0.39 is 0 Å². The quantitative estimate of drug-likeness (QED) is 0.634. The highest BCUT2D eigenvalue weighted by atomic mass is 32.1. The van der Waals surface area contributed by atoms with Gasteiger partial charge in [0.2, 0.25) is 5.91 Å². The Morgan fingerprint density at radius 2 is 1.88 bits per heavy atom. The fourth-order valence-corrected chi connectivity index (χ4v) is 5.54. The van der Waals surface area contributed by atoms with Gasteiger partial charge in [-0.3, -0.25) is 4.79 Å². The van der Waals surface area contributed by atoms with Crippen LogP contribution >= 0.6 is 11.3 Å². The zero-order valence-electron chi connectivity index (χ0n) is 18.7. The zero-order chi connectivity index (χ0) is 22.1. The second-order valence-electron chi connectivity index (χ2n) is 8.74. The molecule has 3 aromatic rings. The molecule has 0 atom stereocenters. The Balaban J connectivity index is 1.26. The first kappa shape index (κ1) is 21.1. The number of fused-ring (bicyclic) bond motifs is 1. The van der Waals surface area contributed by atoms with Gasteiger partial charge in [0.05, 0.1) is 12.2 Å². The number of aryl methyl sites for hydroxylation is 3. The SMILES string of the molecule is Cc1nc(CNC(=O)C2CCN(c3nc(-c4ccccc4)nc4c3CCC4)CC2)sc1C. The smallest absolute Gasteiger partial charge is 0.223 e. The summed E-state index contributed by atoms with van der Waals surface area (Å²) in [5, 5.41) is 4.08. The third-order valence-electron chi connectivity index (χ3n) is 6.60. The second-order valence-corrected chi connectivity index (χ2v) is 10.0. The molecule has 6 nitrogen and oxygen atoms in total. The van der Waals surface area contributed by atoms with E-state index in [9.17, 15) is 4.79 Å². The van der Waals surface area contributed by atoms with Gasteiger partial charge in [-0.1, -0.05) is 30.3 Å². The van der Waals surface area contributed by atoms with Gasteiger partial charge in [0.1, 0.15) is 10.8 Å². The van der Waals surface area contributed by atoms with Gasteiger partial charge in [-0.25, -0.2) is 15.0 Å². The molecule has 2 aromatic heterocycles. The van der Waals surface area contributed by atoms with Crippen LogP contribution in [0.4, 0.5) is 5.82 Å². The lowest BCUT2D eigenvalue weighted by molar-refractivity contribution is -0.125. The first-order chi connectivity index (χ1) is 15.6. The molecule has 0 spiro atoms. The van der Waals surface area contributed by atoms with E-state index in [1.54, 1.807) is 11.3 Å². The van der Waals surface area contributed by atoms with E-state index in [0.717, 1.165) is 73.1 Å². The van der Waals surface area contributed by atoms with E-state index >= 15 is 0 Å². The van der Waals surface area contributed by atoms with E-state index in [4.69, 9.17) is 9.97 Å². The number of carbonyl (C=O) groups is 1. The largest absolute Gasteiger partial charge is 0.356 e. The molecule has 32 heavy (non-hydrogen) atoms. The van der Waals surface area contributed by atoms with Crippen molar-refractivity contribution < 1.29 is 4.79 Å². The van der Waals surface area contributed by atoms with Crippen LogP contribution in [0.15, 0.2) is 30.3 Å². The summed E-state index contributed by atoms with van der Waals surface area (Å²) in [5.41, 5.74) is 4.62. The van der Waals surface area contributed by atoms with Crippen LogP contribution in [0.5, 0.6) is 0 Å². The molecule has 0 saturated carbocycles. The van der Waals surface area contributed by atoms with E-state index in [1.165, 1.54) is 16.1 Å². The zero-order valence-corrected chi connectivity index (χ0v) is 19.5. The van der Waals surface area contributed by atoms with Crippen molar-refractivity contribution in [3.05, 3.63) is 57.2 Å². The number of thiazole rings is 1. The average Bonchev–Trinajstić information content (AvgIpc) is 3.43. The number of piperidine rings is 1. The summed E-state index contributed by atoms with van der Waals surface area (Å²) in [6.45, 7) is 6.32. The van der Waals surface area contributed by atoms with Crippen LogP contribution in [0.1, 0.15) is 46.1 Å². The van der Waals surface area contributed by atoms with Crippen molar-refractivity contribution in [3.8, 4) is 11.4 Å². The van der Waals surface area contributed by atoms with Gasteiger partial charge in [0.15, 0.2) is 5.82 Å². The van der Waals surface area contributed by atoms with E-state index in [-0.39, 0.29) is 11.8 Å². The molecule has 166 valence electrons. The molecule has 1 fully saturated rings. The number of carbonyl (C=O) groups excluding carboxylic acids is 1. The van der Waals surface area contributed by atoms with E-state index in [1.807, 2.05) is 25.1 Å². The molecule has 1 aliphatic heterocycles. The summed E-state index contributed by atoms with van der Waals surface area (Å²) in [7, 11) is 0. The van der Waals surface area contributed by atoms with Gasteiger partial charge in [0, 0.05) is 40.7 Å². The standard InChI is InChI=1S/C25H29N5OS/c1-16-17(2)32-22(27-16)15-26-25(31)19-11-13-30(14-12-19)24-20-9-6-10-21(20)28-23(29-24)18-7-4-3-5-8-18/h3-5,7-8,19H,6,9-15H2,1-2H3,(H,26,31). The molecule has 3 heterocycles.